The average molecular weight is 333 g/mol. The Bertz CT molecular complexity index is 877. The van der Waals surface area contributed by atoms with Crippen molar-refractivity contribution in [2.24, 2.45) is 0 Å². The zero-order valence-electron chi connectivity index (χ0n) is 14.5. The number of aromatic nitrogens is 1. The van der Waals surface area contributed by atoms with E-state index in [1.54, 1.807) is 0 Å². The molecule has 4 nitrogen and oxygen atoms in total. The van der Waals surface area contributed by atoms with Gasteiger partial charge in [0.05, 0.1) is 5.56 Å². The molecule has 1 aromatic heterocycles. The molecule has 2 aromatic carbocycles. The Labute approximate surface area is 148 Å². The number of hydrogen-bond acceptors (Lipinski definition) is 2. The number of carbonyl (C=O) groups is 1. The lowest BCUT2D eigenvalue weighted by Gasteiger charge is -2.34. The topological polar surface area (TPSA) is 39.3 Å². The normalized spacial score (nSPS) is 15.6. The van der Waals surface area contributed by atoms with Crippen LogP contribution in [-0.4, -0.2) is 46.9 Å². The second-order valence-electron chi connectivity index (χ2n) is 6.81. The molecule has 0 bridgehead atoms. The van der Waals surface area contributed by atoms with Gasteiger partial charge < -0.3 is 9.88 Å². The summed E-state index contributed by atoms with van der Waals surface area (Å²) in [7, 11) is 0. The minimum Gasteiger partial charge on any atom is -0.360 e. The smallest absolute Gasteiger partial charge is 0.256 e. The number of piperazine rings is 1. The third-order valence-corrected chi connectivity index (χ3v) is 4.98. The zero-order chi connectivity index (χ0) is 17.2. The lowest BCUT2D eigenvalue weighted by Crippen LogP contribution is -2.48. The van der Waals surface area contributed by atoms with Crippen molar-refractivity contribution in [3.8, 4) is 0 Å². The number of benzene rings is 2. The maximum atomic E-state index is 12.9. The summed E-state index contributed by atoms with van der Waals surface area (Å²) in [5.41, 5.74) is 4.31. The van der Waals surface area contributed by atoms with Gasteiger partial charge in [-0.25, -0.2) is 0 Å². The Balaban J connectivity index is 1.43. The van der Waals surface area contributed by atoms with Crippen molar-refractivity contribution in [3.05, 3.63) is 71.4 Å². The first-order valence-electron chi connectivity index (χ1n) is 8.84. The first kappa shape index (κ1) is 15.9. The van der Waals surface area contributed by atoms with Gasteiger partial charge in [0.15, 0.2) is 0 Å². The van der Waals surface area contributed by atoms with Gasteiger partial charge in [0.25, 0.3) is 5.91 Å². The van der Waals surface area contributed by atoms with Crippen LogP contribution in [0.5, 0.6) is 0 Å². The summed E-state index contributed by atoms with van der Waals surface area (Å²) in [6, 6.07) is 16.7. The first-order valence-corrected chi connectivity index (χ1v) is 8.84. The van der Waals surface area contributed by atoms with Gasteiger partial charge in [-0.2, -0.15) is 0 Å². The Morgan fingerprint density at radius 3 is 2.56 bits per heavy atom. The van der Waals surface area contributed by atoms with E-state index >= 15 is 0 Å². The maximum Gasteiger partial charge on any atom is 0.256 e. The molecule has 0 saturated carbocycles. The van der Waals surface area contributed by atoms with E-state index < -0.39 is 0 Å². The summed E-state index contributed by atoms with van der Waals surface area (Å²) in [4.78, 5) is 20.6. The third kappa shape index (κ3) is 3.30. The van der Waals surface area contributed by atoms with Gasteiger partial charge in [-0.1, -0.05) is 42.0 Å². The number of rotatable bonds is 3. The fourth-order valence-corrected chi connectivity index (χ4v) is 3.53. The summed E-state index contributed by atoms with van der Waals surface area (Å²) in [5.74, 6) is 0.135. The Hall–Kier alpha value is -2.59. The second-order valence-corrected chi connectivity index (χ2v) is 6.81. The number of fused-ring (bicyclic) bond motifs is 1. The van der Waals surface area contributed by atoms with Crippen molar-refractivity contribution in [2.75, 3.05) is 26.2 Å². The number of nitrogens with zero attached hydrogens (tertiary/aromatic N) is 2. The molecule has 1 amide bonds. The monoisotopic (exact) mass is 333 g/mol. The summed E-state index contributed by atoms with van der Waals surface area (Å²) in [6.07, 6.45) is 1.85. The van der Waals surface area contributed by atoms with Gasteiger partial charge >= 0.3 is 0 Å². The average Bonchev–Trinajstić information content (AvgIpc) is 3.05. The van der Waals surface area contributed by atoms with Crippen molar-refractivity contribution in [1.82, 2.24) is 14.8 Å². The first-order chi connectivity index (χ1) is 12.2. The van der Waals surface area contributed by atoms with E-state index in [2.05, 4.69) is 53.2 Å². The number of hydrogen-bond donors (Lipinski definition) is 1. The minimum atomic E-state index is 0.135. The van der Waals surface area contributed by atoms with Gasteiger partial charge in [-0.05, 0) is 24.6 Å². The largest absolute Gasteiger partial charge is 0.360 e. The summed E-state index contributed by atoms with van der Waals surface area (Å²) >= 11 is 0. The molecule has 1 aliphatic heterocycles. The molecule has 0 unspecified atom stereocenters. The maximum absolute atomic E-state index is 12.9. The summed E-state index contributed by atoms with van der Waals surface area (Å²) < 4.78 is 0. The van der Waals surface area contributed by atoms with Gasteiger partial charge in [0.1, 0.15) is 0 Å². The molecule has 1 fully saturated rings. The molecule has 128 valence electrons. The van der Waals surface area contributed by atoms with Crippen molar-refractivity contribution < 1.29 is 4.79 Å². The fourth-order valence-electron chi connectivity index (χ4n) is 3.53. The highest BCUT2D eigenvalue weighted by atomic mass is 16.2. The Morgan fingerprint density at radius 1 is 1.04 bits per heavy atom. The van der Waals surface area contributed by atoms with Crippen LogP contribution in [-0.2, 0) is 6.54 Å². The van der Waals surface area contributed by atoms with Crippen LogP contribution in [0, 0.1) is 6.92 Å². The quantitative estimate of drug-likeness (QED) is 0.797. The number of aryl methyl sites for hydroxylation is 1. The molecule has 1 saturated heterocycles. The molecule has 3 aromatic rings. The molecule has 1 aliphatic rings. The molecule has 0 atom stereocenters. The molecule has 1 N–H and O–H groups in total. The van der Waals surface area contributed by atoms with Gasteiger partial charge in [-0.3, -0.25) is 9.69 Å². The summed E-state index contributed by atoms with van der Waals surface area (Å²) in [5, 5.41) is 1.02. The van der Waals surface area contributed by atoms with E-state index in [1.807, 2.05) is 23.2 Å². The van der Waals surface area contributed by atoms with E-state index in [4.69, 9.17) is 0 Å². The van der Waals surface area contributed by atoms with Crippen LogP contribution >= 0.6 is 0 Å². The van der Waals surface area contributed by atoms with Crippen molar-refractivity contribution in [2.45, 2.75) is 13.5 Å². The Morgan fingerprint density at radius 2 is 1.80 bits per heavy atom. The second kappa shape index (κ2) is 6.73. The van der Waals surface area contributed by atoms with Gasteiger partial charge in [0, 0.05) is 49.8 Å². The molecule has 2 heterocycles. The molecule has 0 aliphatic carbocycles. The van der Waals surface area contributed by atoms with Crippen LogP contribution in [0.3, 0.4) is 0 Å². The van der Waals surface area contributed by atoms with Crippen LogP contribution in [0.25, 0.3) is 10.9 Å². The van der Waals surface area contributed by atoms with Gasteiger partial charge in [0.2, 0.25) is 0 Å². The zero-order valence-corrected chi connectivity index (χ0v) is 14.5. The molecule has 0 radical (unpaired) electrons. The van der Waals surface area contributed by atoms with Crippen LogP contribution in [0.4, 0.5) is 0 Å². The summed E-state index contributed by atoms with van der Waals surface area (Å²) in [6.45, 7) is 6.41. The van der Waals surface area contributed by atoms with E-state index in [0.29, 0.717) is 0 Å². The van der Waals surface area contributed by atoms with E-state index in [1.165, 1.54) is 11.1 Å². The fraction of sp³-hybridized carbons (Fsp3) is 0.286. The van der Waals surface area contributed by atoms with Gasteiger partial charge in [-0.15, -0.1) is 0 Å². The highest BCUT2D eigenvalue weighted by molar-refractivity contribution is 6.06. The van der Waals surface area contributed by atoms with Crippen molar-refractivity contribution in [1.29, 1.82) is 0 Å². The number of amides is 1. The van der Waals surface area contributed by atoms with E-state index in [-0.39, 0.29) is 5.91 Å². The molecule has 0 spiro atoms. The number of H-pyrrole nitrogens is 1. The van der Waals surface area contributed by atoms with E-state index in [0.717, 1.165) is 49.2 Å². The Kier molecular flexibility index (Phi) is 4.28. The number of nitrogens with one attached hydrogen (secondary N) is 1. The molecule has 4 heteroatoms. The predicted octanol–water partition coefficient (Wildman–Crippen LogP) is 3.43. The SMILES string of the molecule is Cc1ccc2[nH]cc(C(=O)N3CCN(Cc4ccccc4)CC3)c2c1. The molecular weight excluding hydrogens is 310 g/mol. The molecule has 25 heavy (non-hydrogen) atoms. The van der Waals surface area contributed by atoms with Crippen LogP contribution < -0.4 is 0 Å². The lowest BCUT2D eigenvalue weighted by molar-refractivity contribution is 0.0630. The third-order valence-electron chi connectivity index (χ3n) is 4.98. The predicted molar refractivity (Wildman–Crippen MR) is 101 cm³/mol. The van der Waals surface area contributed by atoms with Crippen LogP contribution in [0.1, 0.15) is 21.5 Å². The van der Waals surface area contributed by atoms with Crippen LogP contribution in [0.15, 0.2) is 54.7 Å². The highest BCUT2D eigenvalue weighted by Gasteiger charge is 2.24. The van der Waals surface area contributed by atoms with Crippen molar-refractivity contribution in [3.63, 3.8) is 0 Å². The van der Waals surface area contributed by atoms with Crippen molar-refractivity contribution >= 4 is 16.8 Å². The number of carbonyl (C=O) groups excluding carboxylic acids is 1. The minimum absolute atomic E-state index is 0.135. The number of aromatic amines is 1. The molecular formula is C21H23N3O. The highest BCUT2D eigenvalue weighted by Crippen LogP contribution is 2.22. The molecule has 4 rings (SSSR count). The standard InChI is InChI=1S/C21H23N3O/c1-16-7-8-20-18(13-16)19(14-22-20)21(25)24-11-9-23(10-12-24)15-17-5-3-2-4-6-17/h2-8,13-14,22H,9-12,15H2,1H3. The van der Waals surface area contributed by atoms with Crippen LogP contribution in [0.2, 0.25) is 0 Å². The lowest BCUT2D eigenvalue weighted by atomic mass is 10.1. The van der Waals surface area contributed by atoms with E-state index in [9.17, 15) is 4.79 Å².